The van der Waals surface area contributed by atoms with Crippen molar-refractivity contribution < 1.29 is 14.7 Å². The van der Waals surface area contributed by atoms with E-state index in [0.29, 0.717) is 5.56 Å². The summed E-state index contributed by atoms with van der Waals surface area (Å²) < 4.78 is 0. The Labute approximate surface area is 94.3 Å². The number of ketones is 1. The first-order valence-electron chi connectivity index (χ1n) is 5.04. The summed E-state index contributed by atoms with van der Waals surface area (Å²) in [6.45, 7) is 1.89. The maximum atomic E-state index is 11.8. The van der Waals surface area contributed by atoms with Crippen molar-refractivity contribution in [1.82, 2.24) is 5.32 Å². The van der Waals surface area contributed by atoms with Crippen LogP contribution >= 0.6 is 0 Å². The molecule has 0 aromatic heterocycles. The van der Waals surface area contributed by atoms with Gasteiger partial charge in [-0.1, -0.05) is 23.8 Å². The average Bonchev–Trinajstić information content (AvgIpc) is 2.25. The van der Waals surface area contributed by atoms with Crippen LogP contribution in [-0.2, 0) is 4.79 Å². The van der Waals surface area contributed by atoms with Crippen LogP contribution in [0, 0.1) is 6.92 Å². The number of hydrogen-bond acceptors (Lipinski definition) is 3. The summed E-state index contributed by atoms with van der Waals surface area (Å²) in [7, 11) is 1.53. The van der Waals surface area contributed by atoms with Gasteiger partial charge in [-0.3, -0.25) is 9.59 Å². The smallest absolute Gasteiger partial charge is 0.321 e. The van der Waals surface area contributed by atoms with Crippen LogP contribution in [0.1, 0.15) is 22.3 Å². The van der Waals surface area contributed by atoms with Crippen LogP contribution in [-0.4, -0.2) is 29.9 Å². The van der Waals surface area contributed by atoms with Crippen LogP contribution in [0.2, 0.25) is 0 Å². The van der Waals surface area contributed by atoms with E-state index in [0.717, 1.165) is 5.56 Å². The van der Waals surface area contributed by atoms with E-state index >= 15 is 0 Å². The molecule has 0 aliphatic carbocycles. The lowest BCUT2D eigenvalue weighted by Gasteiger charge is -2.10. The number of aryl methyl sites for hydroxylation is 1. The van der Waals surface area contributed by atoms with Crippen molar-refractivity contribution in [1.29, 1.82) is 0 Å². The molecule has 0 radical (unpaired) electrons. The molecular formula is C12H15NO3. The van der Waals surface area contributed by atoms with Gasteiger partial charge in [0, 0.05) is 12.0 Å². The molecule has 0 aliphatic rings. The first-order valence-corrected chi connectivity index (χ1v) is 5.04. The second-order valence-electron chi connectivity index (χ2n) is 3.68. The summed E-state index contributed by atoms with van der Waals surface area (Å²) in [5.74, 6) is -1.17. The number of aliphatic carboxylic acids is 1. The highest BCUT2D eigenvalue weighted by molar-refractivity contribution is 5.98. The monoisotopic (exact) mass is 221 g/mol. The van der Waals surface area contributed by atoms with Crippen molar-refractivity contribution in [3.05, 3.63) is 35.4 Å². The number of nitrogens with one attached hydrogen (secondary N) is 1. The van der Waals surface area contributed by atoms with Crippen molar-refractivity contribution in [3.8, 4) is 0 Å². The molecule has 0 saturated heterocycles. The van der Waals surface area contributed by atoms with Gasteiger partial charge >= 0.3 is 5.97 Å². The van der Waals surface area contributed by atoms with Crippen LogP contribution in [0.4, 0.5) is 0 Å². The topological polar surface area (TPSA) is 66.4 Å². The van der Waals surface area contributed by atoms with Gasteiger partial charge in [-0.2, -0.15) is 0 Å². The van der Waals surface area contributed by atoms with Crippen molar-refractivity contribution >= 4 is 11.8 Å². The normalized spacial score (nSPS) is 12.1. The Balaban J connectivity index is 2.75. The van der Waals surface area contributed by atoms with E-state index in [4.69, 9.17) is 5.11 Å². The van der Waals surface area contributed by atoms with Gasteiger partial charge in [-0.05, 0) is 20.0 Å². The number of benzene rings is 1. The summed E-state index contributed by atoms with van der Waals surface area (Å²) in [4.78, 5) is 22.5. The Hall–Kier alpha value is -1.68. The third kappa shape index (κ3) is 3.17. The molecule has 1 atom stereocenters. The van der Waals surface area contributed by atoms with Crippen LogP contribution < -0.4 is 5.32 Å². The Bertz CT molecular complexity index is 401. The number of carbonyl (C=O) groups excluding carboxylic acids is 1. The maximum Gasteiger partial charge on any atom is 0.321 e. The van der Waals surface area contributed by atoms with Gasteiger partial charge in [0.1, 0.15) is 6.04 Å². The molecule has 0 unspecified atom stereocenters. The highest BCUT2D eigenvalue weighted by Gasteiger charge is 2.19. The number of hydrogen-bond donors (Lipinski definition) is 2. The summed E-state index contributed by atoms with van der Waals surface area (Å²) in [5, 5.41) is 11.4. The van der Waals surface area contributed by atoms with Gasteiger partial charge in [0.05, 0.1) is 0 Å². The zero-order chi connectivity index (χ0) is 12.1. The molecule has 0 fully saturated rings. The fraction of sp³-hybridized carbons (Fsp3) is 0.333. The van der Waals surface area contributed by atoms with Crippen LogP contribution in [0.15, 0.2) is 24.3 Å². The largest absolute Gasteiger partial charge is 0.480 e. The number of carbonyl (C=O) groups is 2. The molecule has 0 bridgehead atoms. The lowest BCUT2D eigenvalue weighted by atomic mass is 10.0. The average molecular weight is 221 g/mol. The molecule has 1 aromatic carbocycles. The molecule has 0 saturated carbocycles. The van der Waals surface area contributed by atoms with Crippen molar-refractivity contribution in [3.63, 3.8) is 0 Å². The second kappa shape index (κ2) is 5.42. The number of Topliss-reactive ketones (excluding diaryl/α,β-unsaturated/α-hetero) is 1. The fourth-order valence-corrected chi connectivity index (χ4v) is 1.43. The predicted octanol–water partition coefficient (Wildman–Crippen LogP) is 1.24. The van der Waals surface area contributed by atoms with E-state index in [-0.39, 0.29) is 12.2 Å². The van der Waals surface area contributed by atoms with Gasteiger partial charge in [-0.15, -0.1) is 0 Å². The van der Waals surface area contributed by atoms with Crippen molar-refractivity contribution in [2.45, 2.75) is 19.4 Å². The van der Waals surface area contributed by atoms with E-state index in [1.807, 2.05) is 13.0 Å². The van der Waals surface area contributed by atoms with Crippen molar-refractivity contribution in [2.24, 2.45) is 0 Å². The Kier molecular flexibility index (Phi) is 4.19. The zero-order valence-electron chi connectivity index (χ0n) is 9.36. The van der Waals surface area contributed by atoms with E-state index in [1.165, 1.54) is 7.05 Å². The van der Waals surface area contributed by atoms with Gasteiger partial charge in [0.15, 0.2) is 5.78 Å². The molecule has 4 nitrogen and oxygen atoms in total. The lowest BCUT2D eigenvalue weighted by molar-refractivity contribution is -0.139. The van der Waals surface area contributed by atoms with Gasteiger partial charge in [0.2, 0.25) is 0 Å². The minimum atomic E-state index is -1.01. The van der Waals surface area contributed by atoms with Crippen LogP contribution in [0.3, 0.4) is 0 Å². The SMILES string of the molecule is CN[C@@H](CC(=O)c1cccc(C)c1)C(=O)O. The van der Waals surface area contributed by atoms with E-state index in [1.54, 1.807) is 18.2 Å². The highest BCUT2D eigenvalue weighted by atomic mass is 16.4. The minimum absolute atomic E-state index is 0.0325. The Morgan fingerprint density at radius 3 is 2.62 bits per heavy atom. The second-order valence-corrected chi connectivity index (χ2v) is 3.68. The first kappa shape index (κ1) is 12.4. The quantitative estimate of drug-likeness (QED) is 0.734. The molecule has 0 heterocycles. The maximum absolute atomic E-state index is 11.8. The summed E-state index contributed by atoms with van der Waals surface area (Å²) >= 11 is 0. The number of carboxylic acids is 1. The number of likely N-dealkylation sites (N-methyl/N-ethyl adjacent to an activating group) is 1. The minimum Gasteiger partial charge on any atom is -0.480 e. The van der Waals surface area contributed by atoms with E-state index in [9.17, 15) is 9.59 Å². The molecule has 1 aromatic rings. The molecule has 1 rings (SSSR count). The molecule has 16 heavy (non-hydrogen) atoms. The van der Waals surface area contributed by atoms with Crippen LogP contribution in [0.5, 0.6) is 0 Å². The Morgan fingerprint density at radius 2 is 2.12 bits per heavy atom. The van der Waals surface area contributed by atoms with Crippen molar-refractivity contribution in [2.75, 3.05) is 7.05 Å². The summed E-state index contributed by atoms with van der Waals surface area (Å²) in [6, 6.07) is 6.32. The molecule has 86 valence electrons. The molecular weight excluding hydrogens is 206 g/mol. The van der Waals surface area contributed by atoms with Gasteiger partial charge in [0.25, 0.3) is 0 Å². The molecule has 0 amide bonds. The van der Waals surface area contributed by atoms with Gasteiger partial charge < -0.3 is 10.4 Å². The molecule has 0 spiro atoms. The summed E-state index contributed by atoms with van der Waals surface area (Å²) in [6.07, 6.45) is -0.0325. The Morgan fingerprint density at radius 1 is 1.44 bits per heavy atom. The number of rotatable bonds is 5. The van der Waals surface area contributed by atoms with Gasteiger partial charge in [-0.25, -0.2) is 0 Å². The third-order valence-corrected chi connectivity index (χ3v) is 2.38. The summed E-state index contributed by atoms with van der Waals surface area (Å²) in [5.41, 5.74) is 1.55. The lowest BCUT2D eigenvalue weighted by Crippen LogP contribution is -2.35. The third-order valence-electron chi connectivity index (χ3n) is 2.38. The van der Waals surface area contributed by atoms with Crippen LogP contribution in [0.25, 0.3) is 0 Å². The number of carboxylic acid groups (broad SMARTS) is 1. The predicted molar refractivity (Wildman–Crippen MR) is 60.6 cm³/mol. The fourth-order valence-electron chi connectivity index (χ4n) is 1.43. The molecule has 0 aliphatic heterocycles. The standard InChI is InChI=1S/C12H15NO3/c1-8-4-3-5-9(6-8)11(14)7-10(13-2)12(15)16/h3-6,10,13H,7H2,1-2H3,(H,15,16)/t10-/m0/s1. The van der Waals surface area contributed by atoms with E-state index in [2.05, 4.69) is 5.32 Å². The zero-order valence-corrected chi connectivity index (χ0v) is 9.36. The highest BCUT2D eigenvalue weighted by Crippen LogP contribution is 2.08. The molecule has 4 heteroatoms. The van der Waals surface area contributed by atoms with E-state index < -0.39 is 12.0 Å². The molecule has 2 N–H and O–H groups in total. The first-order chi connectivity index (χ1) is 7.54.